The van der Waals surface area contributed by atoms with Crippen molar-refractivity contribution in [1.29, 1.82) is 0 Å². The van der Waals surface area contributed by atoms with E-state index in [1.165, 1.54) is 0 Å². The summed E-state index contributed by atoms with van der Waals surface area (Å²) < 4.78 is -0.647. The van der Waals surface area contributed by atoms with Gasteiger partial charge in [-0.25, -0.2) is 0 Å². The second-order valence-corrected chi connectivity index (χ2v) is 3.62. The van der Waals surface area contributed by atoms with Crippen molar-refractivity contribution in [3.05, 3.63) is 0 Å². The van der Waals surface area contributed by atoms with Crippen LogP contribution in [0.2, 0.25) is 0 Å². The number of rotatable bonds is 2. The minimum Gasteiger partial charge on any atom is -0.480 e. The fourth-order valence-electron chi connectivity index (χ4n) is 0.302. The van der Waals surface area contributed by atoms with Gasteiger partial charge in [-0.15, -0.1) is 0 Å². The standard InChI is InChI=1S/C5H11NO2S.Zn/c1-5(2,9)3(6)4(7)8;/h3,9H,6H2,1-2H3,(H,7,8);. The van der Waals surface area contributed by atoms with E-state index < -0.39 is 16.8 Å². The van der Waals surface area contributed by atoms with Crippen LogP contribution in [0.3, 0.4) is 0 Å². The summed E-state index contributed by atoms with van der Waals surface area (Å²) in [6.07, 6.45) is 0. The predicted molar refractivity (Wildman–Crippen MR) is 38.7 cm³/mol. The summed E-state index contributed by atoms with van der Waals surface area (Å²) in [6.45, 7) is 3.32. The van der Waals surface area contributed by atoms with E-state index >= 15 is 0 Å². The van der Waals surface area contributed by atoms with Crippen LogP contribution < -0.4 is 5.73 Å². The molecule has 0 rings (SSSR count). The molecule has 0 aliphatic heterocycles. The van der Waals surface area contributed by atoms with E-state index in [1.54, 1.807) is 13.8 Å². The van der Waals surface area contributed by atoms with Crippen LogP contribution in [0.4, 0.5) is 0 Å². The monoisotopic (exact) mass is 213 g/mol. The van der Waals surface area contributed by atoms with Gasteiger partial charge < -0.3 is 10.8 Å². The first-order valence-corrected chi connectivity index (χ1v) is 3.01. The zero-order valence-corrected chi connectivity index (χ0v) is 10.0. The molecular weight excluding hydrogens is 204 g/mol. The van der Waals surface area contributed by atoms with Crippen LogP contribution in [0.1, 0.15) is 13.8 Å². The maximum atomic E-state index is 10.2. The number of thiol groups is 1. The number of hydrogen-bond donors (Lipinski definition) is 3. The Morgan fingerprint density at radius 1 is 1.70 bits per heavy atom. The van der Waals surface area contributed by atoms with Crippen LogP contribution in [-0.4, -0.2) is 21.9 Å². The smallest absolute Gasteiger partial charge is 0.321 e. The van der Waals surface area contributed by atoms with Crippen LogP contribution in [0, 0.1) is 0 Å². The molecular formula is C5H11NO2SZn. The summed E-state index contributed by atoms with van der Waals surface area (Å²) in [4.78, 5) is 10.2. The fourth-order valence-corrected chi connectivity index (χ4v) is 0.413. The molecule has 1 unspecified atom stereocenters. The third-order valence-electron chi connectivity index (χ3n) is 1.03. The van der Waals surface area contributed by atoms with E-state index in [2.05, 4.69) is 12.6 Å². The van der Waals surface area contributed by atoms with E-state index in [4.69, 9.17) is 10.8 Å². The van der Waals surface area contributed by atoms with Gasteiger partial charge in [0.2, 0.25) is 0 Å². The molecule has 5 heteroatoms. The maximum Gasteiger partial charge on any atom is 0.321 e. The molecule has 0 aromatic heterocycles. The second-order valence-electron chi connectivity index (χ2n) is 2.47. The van der Waals surface area contributed by atoms with Gasteiger partial charge in [0.15, 0.2) is 0 Å². The number of nitrogens with two attached hydrogens (primary N) is 1. The van der Waals surface area contributed by atoms with E-state index in [0.717, 1.165) is 0 Å². The molecule has 0 saturated heterocycles. The molecule has 0 amide bonds. The molecule has 10 heavy (non-hydrogen) atoms. The molecule has 0 fully saturated rings. The second kappa shape index (κ2) is 4.32. The molecule has 3 N–H and O–H groups in total. The summed E-state index contributed by atoms with van der Waals surface area (Å²) in [5, 5.41) is 8.34. The van der Waals surface area contributed by atoms with Gasteiger partial charge in [0.25, 0.3) is 0 Å². The number of carboxylic acid groups (broad SMARTS) is 1. The van der Waals surface area contributed by atoms with Crippen molar-refractivity contribution in [1.82, 2.24) is 0 Å². The molecule has 0 aliphatic carbocycles. The first-order chi connectivity index (χ1) is 3.85. The zero-order valence-electron chi connectivity index (χ0n) is 6.16. The van der Waals surface area contributed by atoms with Gasteiger partial charge in [-0.05, 0) is 13.8 Å². The van der Waals surface area contributed by atoms with Crippen molar-refractivity contribution in [3.8, 4) is 0 Å². The summed E-state index contributed by atoms with van der Waals surface area (Å²) >= 11 is 3.98. The van der Waals surface area contributed by atoms with Crippen LogP contribution in [-0.2, 0) is 24.3 Å². The minimum absolute atomic E-state index is 0. The average Bonchev–Trinajstić information content (AvgIpc) is 1.62. The molecule has 1 atom stereocenters. The molecule has 3 nitrogen and oxygen atoms in total. The minimum atomic E-state index is -1.02. The van der Waals surface area contributed by atoms with Gasteiger partial charge in [-0.1, -0.05) is 0 Å². The average molecular weight is 215 g/mol. The van der Waals surface area contributed by atoms with Crippen molar-refractivity contribution in [2.45, 2.75) is 24.6 Å². The van der Waals surface area contributed by atoms with E-state index in [0.29, 0.717) is 0 Å². The summed E-state index contributed by atoms with van der Waals surface area (Å²) in [6, 6.07) is -0.902. The van der Waals surface area contributed by atoms with E-state index in [-0.39, 0.29) is 19.5 Å². The Hall–Kier alpha value is 0.403. The summed E-state index contributed by atoms with van der Waals surface area (Å²) in [7, 11) is 0. The van der Waals surface area contributed by atoms with Crippen molar-refractivity contribution in [3.63, 3.8) is 0 Å². The van der Waals surface area contributed by atoms with E-state index in [9.17, 15) is 4.79 Å². The fraction of sp³-hybridized carbons (Fsp3) is 0.800. The number of carbonyl (C=O) groups is 1. The molecule has 0 spiro atoms. The predicted octanol–water partition coefficient (Wildman–Crippen LogP) is 0.104. The quantitative estimate of drug-likeness (QED) is 0.452. The Labute approximate surface area is 78.5 Å². The summed E-state index contributed by atoms with van der Waals surface area (Å²) in [5.41, 5.74) is 5.22. The van der Waals surface area contributed by atoms with Crippen LogP contribution in [0.15, 0.2) is 0 Å². The maximum absolute atomic E-state index is 10.2. The van der Waals surface area contributed by atoms with Crippen LogP contribution in [0.25, 0.3) is 0 Å². The number of aliphatic carboxylic acids is 1. The van der Waals surface area contributed by atoms with Gasteiger partial charge >= 0.3 is 5.97 Å². The van der Waals surface area contributed by atoms with Crippen molar-refractivity contribution in [2.75, 3.05) is 0 Å². The van der Waals surface area contributed by atoms with Gasteiger partial charge in [-0.3, -0.25) is 4.79 Å². The van der Waals surface area contributed by atoms with Gasteiger partial charge in [0, 0.05) is 24.2 Å². The van der Waals surface area contributed by atoms with Crippen molar-refractivity contribution < 1.29 is 29.4 Å². The Balaban J connectivity index is 0. The molecule has 0 radical (unpaired) electrons. The first kappa shape index (κ1) is 13.0. The van der Waals surface area contributed by atoms with Crippen molar-refractivity contribution >= 4 is 18.6 Å². The molecule has 56 valence electrons. The topological polar surface area (TPSA) is 63.3 Å². The van der Waals surface area contributed by atoms with Crippen LogP contribution in [0.5, 0.6) is 0 Å². The van der Waals surface area contributed by atoms with E-state index in [1.807, 2.05) is 0 Å². The van der Waals surface area contributed by atoms with Crippen molar-refractivity contribution in [2.24, 2.45) is 5.73 Å². The Bertz CT molecular complexity index is 123. The Morgan fingerprint density at radius 3 is 2.00 bits per heavy atom. The zero-order chi connectivity index (χ0) is 7.65. The third-order valence-corrected chi connectivity index (χ3v) is 1.31. The largest absolute Gasteiger partial charge is 0.480 e. The molecule has 0 bridgehead atoms. The number of carboxylic acids is 1. The Kier molecular flexibility index (Phi) is 5.62. The molecule has 0 aromatic rings. The Morgan fingerprint density at radius 2 is 2.00 bits per heavy atom. The SMILES string of the molecule is CC(C)(S)C(N)C(=O)O.[Zn]. The molecule has 0 aliphatic rings. The van der Waals surface area contributed by atoms with Gasteiger partial charge in [0.05, 0.1) is 0 Å². The normalized spacial score (nSPS) is 13.6. The first-order valence-electron chi connectivity index (χ1n) is 2.56. The summed E-state index contributed by atoms with van der Waals surface area (Å²) in [5.74, 6) is -1.02. The van der Waals surface area contributed by atoms with Gasteiger partial charge in [0.1, 0.15) is 6.04 Å². The number of hydrogen-bond acceptors (Lipinski definition) is 3. The molecule has 0 heterocycles. The van der Waals surface area contributed by atoms with Crippen LogP contribution >= 0.6 is 12.6 Å². The molecule has 0 saturated carbocycles. The van der Waals surface area contributed by atoms with Gasteiger partial charge in [-0.2, -0.15) is 12.6 Å². The third kappa shape index (κ3) is 4.26. The molecule has 0 aromatic carbocycles.